The normalized spacial score (nSPS) is 11.9. The second-order valence-electron chi connectivity index (χ2n) is 5.92. The lowest BCUT2D eigenvalue weighted by molar-refractivity contribution is 0.0658. The van der Waals surface area contributed by atoms with E-state index >= 15 is 0 Å². The number of aromatic nitrogens is 3. The molecule has 0 saturated heterocycles. The van der Waals surface area contributed by atoms with Gasteiger partial charge in [0.1, 0.15) is 0 Å². The lowest BCUT2D eigenvalue weighted by Crippen LogP contribution is -2.38. The van der Waals surface area contributed by atoms with Crippen LogP contribution in [-0.2, 0) is 13.0 Å². The molecule has 0 bridgehead atoms. The minimum absolute atomic E-state index is 0.0661. The van der Waals surface area contributed by atoms with E-state index in [4.69, 9.17) is 0 Å². The quantitative estimate of drug-likeness (QED) is 0.652. The summed E-state index contributed by atoms with van der Waals surface area (Å²) in [5, 5.41) is 5.63. The molecule has 0 fully saturated rings. The predicted octanol–water partition coefficient (Wildman–Crippen LogP) is 3.60. The molecule has 2 heterocycles. The van der Waals surface area contributed by atoms with Crippen LogP contribution in [0.15, 0.2) is 60.1 Å². The molecular weight excluding hydrogens is 332 g/mol. The molecule has 6 heteroatoms. The third-order valence-corrected chi connectivity index (χ3v) is 4.63. The Labute approximate surface area is 151 Å². The van der Waals surface area contributed by atoms with Gasteiger partial charge in [0.05, 0.1) is 12.2 Å². The first kappa shape index (κ1) is 17.2. The molecular formula is C19H20N4OS. The second-order valence-corrected chi connectivity index (χ2v) is 6.53. The van der Waals surface area contributed by atoms with Crippen molar-refractivity contribution in [1.29, 1.82) is 0 Å². The summed E-state index contributed by atoms with van der Waals surface area (Å²) in [7, 11) is 0. The molecule has 0 aliphatic carbocycles. The summed E-state index contributed by atoms with van der Waals surface area (Å²) in [5.74, 6) is -0.0973. The van der Waals surface area contributed by atoms with E-state index in [0.717, 1.165) is 18.5 Å². The Kier molecular flexibility index (Phi) is 5.85. The zero-order chi connectivity index (χ0) is 17.5. The lowest BCUT2D eigenvalue weighted by atomic mass is 10.0. The minimum atomic E-state index is -0.0973. The Balaban J connectivity index is 1.73. The zero-order valence-electron chi connectivity index (χ0n) is 14.1. The Morgan fingerprint density at radius 3 is 2.64 bits per heavy atom. The molecule has 3 rings (SSSR count). The van der Waals surface area contributed by atoms with Crippen LogP contribution >= 0.6 is 11.5 Å². The van der Waals surface area contributed by atoms with Gasteiger partial charge in [-0.25, -0.2) is 0 Å². The monoisotopic (exact) mass is 352 g/mol. The van der Waals surface area contributed by atoms with Gasteiger partial charge in [-0.2, -0.15) is 0 Å². The number of carbonyl (C=O) groups excluding carboxylic acids is 1. The van der Waals surface area contributed by atoms with Crippen molar-refractivity contribution in [3.63, 3.8) is 0 Å². The van der Waals surface area contributed by atoms with E-state index in [-0.39, 0.29) is 11.9 Å². The highest BCUT2D eigenvalue weighted by molar-refractivity contribution is 7.03. The van der Waals surface area contributed by atoms with Crippen LogP contribution in [-0.4, -0.2) is 31.4 Å². The van der Waals surface area contributed by atoms with Gasteiger partial charge in [-0.15, -0.1) is 5.10 Å². The molecule has 0 unspecified atom stereocenters. The van der Waals surface area contributed by atoms with Crippen molar-refractivity contribution in [3.05, 3.63) is 77.1 Å². The molecule has 128 valence electrons. The first-order valence-corrected chi connectivity index (χ1v) is 9.09. The van der Waals surface area contributed by atoms with Crippen LogP contribution in [0.5, 0.6) is 0 Å². The largest absolute Gasteiger partial charge is 0.329 e. The van der Waals surface area contributed by atoms with Gasteiger partial charge in [-0.1, -0.05) is 40.9 Å². The summed E-state index contributed by atoms with van der Waals surface area (Å²) in [5.41, 5.74) is 2.54. The van der Waals surface area contributed by atoms with Crippen LogP contribution < -0.4 is 0 Å². The SMILES string of the molecule is C[C@H](CCc1ccccc1)N(Cc1ccccn1)C(=O)c1csnn1. The van der Waals surface area contributed by atoms with E-state index in [1.165, 1.54) is 17.1 Å². The molecule has 3 aromatic rings. The van der Waals surface area contributed by atoms with Gasteiger partial charge < -0.3 is 4.90 Å². The number of hydrogen-bond acceptors (Lipinski definition) is 5. The maximum Gasteiger partial charge on any atom is 0.275 e. The summed E-state index contributed by atoms with van der Waals surface area (Å²) in [6.45, 7) is 2.54. The molecule has 5 nitrogen and oxygen atoms in total. The summed E-state index contributed by atoms with van der Waals surface area (Å²) in [4.78, 5) is 19.1. The molecule has 0 spiro atoms. The molecule has 1 amide bonds. The molecule has 0 aliphatic heterocycles. The number of rotatable bonds is 7. The Hall–Kier alpha value is -2.60. The van der Waals surface area contributed by atoms with Crippen molar-refractivity contribution in [1.82, 2.24) is 19.5 Å². The fourth-order valence-corrected chi connectivity index (χ4v) is 3.11. The van der Waals surface area contributed by atoms with E-state index < -0.39 is 0 Å². The van der Waals surface area contributed by atoms with Gasteiger partial charge >= 0.3 is 0 Å². The van der Waals surface area contributed by atoms with Crippen molar-refractivity contribution in [3.8, 4) is 0 Å². The number of amides is 1. The van der Waals surface area contributed by atoms with E-state index in [0.29, 0.717) is 12.2 Å². The smallest absolute Gasteiger partial charge is 0.275 e. The van der Waals surface area contributed by atoms with Crippen molar-refractivity contribution in [2.75, 3.05) is 0 Å². The van der Waals surface area contributed by atoms with Crippen molar-refractivity contribution >= 4 is 17.4 Å². The summed E-state index contributed by atoms with van der Waals surface area (Å²) in [6, 6.07) is 16.1. The van der Waals surface area contributed by atoms with Crippen molar-refractivity contribution in [2.45, 2.75) is 32.4 Å². The molecule has 0 radical (unpaired) electrons. The maximum atomic E-state index is 12.9. The molecule has 1 atom stereocenters. The van der Waals surface area contributed by atoms with Crippen molar-refractivity contribution in [2.24, 2.45) is 0 Å². The van der Waals surface area contributed by atoms with E-state index in [1.807, 2.05) is 41.3 Å². The minimum Gasteiger partial charge on any atom is -0.329 e. The second kappa shape index (κ2) is 8.48. The highest BCUT2D eigenvalue weighted by atomic mass is 32.1. The number of aryl methyl sites for hydroxylation is 1. The average molecular weight is 352 g/mol. The summed E-state index contributed by atoms with van der Waals surface area (Å²) >= 11 is 1.19. The van der Waals surface area contributed by atoms with Crippen LogP contribution in [0.1, 0.15) is 35.1 Å². The maximum absolute atomic E-state index is 12.9. The molecule has 2 aromatic heterocycles. The highest BCUT2D eigenvalue weighted by Gasteiger charge is 2.24. The summed E-state index contributed by atoms with van der Waals surface area (Å²) < 4.78 is 3.81. The highest BCUT2D eigenvalue weighted by Crippen LogP contribution is 2.16. The van der Waals surface area contributed by atoms with Gasteiger partial charge in [-0.05, 0) is 49.0 Å². The van der Waals surface area contributed by atoms with Gasteiger partial charge in [0, 0.05) is 17.6 Å². The average Bonchev–Trinajstić information content (AvgIpc) is 3.20. The third-order valence-electron chi connectivity index (χ3n) is 4.12. The van der Waals surface area contributed by atoms with Crippen molar-refractivity contribution < 1.29 is 4.79 Å². The Morgan fingerprint density at radius 1 is 1.16 bits per heavy atom. The van der Waals surface area contributed by atoms with Gasteiger partial charge in [0.2, 0.25) is 0 Å². The summed E-state index contributed by atoms with van der Waals surface area (Å²) in [6.07, 6.45) is 3.54. The van der Waals surface area contributed by atoms with Crippen LogP contribution in [0.25, 0.3) is 0 Å². The van der Waals surface area contributed by atoms with Gasteiger partial charge in [-0.3, -0.25) is 9.78 Å². The van der Waals surface area contributed by atoms with Crippen LogP contribution in [0.4, 0.5) is 0 Å². The predicted molar refractivity (Wildman–Crippen MR) is 98.2 cm³/mol. The van der Waals surface area contributed by atoms with E-state index in [9.17, 15) is 4.79 Å². The number of nitrogens with zero attached hydrogens (tertiary/aromatic N) is 4. The zero-order valence-corrected chi connectivity index (χ0v) is 14.9. The number of benzene rings is 1. The van der Waals surface area contributed by atoms with Gasteiger partial charge in [0.15, 0.2) is 5.69 Å². The molecule has 25 heavy (non-hydrogen) atoms. The molecule has 0 N–H and O–H groups in total. The molecule has 0 aliphatic rings. The first-order valence-electron chi connectivity index (χ1n) is 8.26. The Morgan fingerprint density at radius 2 is 1.96 bits per heavy atom. The Bertz CT molecular complexity index is 778. The third kappa shape index (κ3) is 4.70. The topological polar surface area (TPSA) is 59.0 Å². The van der Waals surface area contributed by atoms with Crippen LogP contribution in [0, 0.1) is 0 Å². The number of hydrogen-bond donors (Lipinski definition) is 0. The number of pyridine rings is 1. The van der Waals surface area contributed by atoms with Crippen LogP contribution in [0.2, 0.25) is 0 Å². The fraction of sp³-hybridized carbons (Fsp3) is 0.263. The lowest BCUT2D eigenvalue weighted by Gasteiger charge is -2.28. The first-order chi connectivity index (χ1) is 12.2. The molecule has 1 aromatic carbocycles. The standard InChI is InChI=1S/C19H20N4OS/c1-15(10-11-16-7-3-2-4-8-16)23(13-17-9-5-6-12-20-17)19(24)18-14-25-22-21-18/h2-9,12,14-15H,10-11,13H2,1H3/t15-/m1/s1. The van der Waals surface area contributed by atoms with Crippen LogP contribution in [0.3, 0.4) is 0 Å². The number of carbonyl (C=O) groups is 1. The fourth-order valence-electron chi connectivity index (χ4n) is 2.67. The van der Waals surface area contributed by atoms with E-state index in [1.54, 1.807) is 11.6 Å². The van der Waals surface area contributed by atoms with E-state index in [2.05, 4.69) is 33.6 Å². The van der Waals surface area contributed by atoms with Gasteiger partial charge in [0.25, 0.3) is 5.91 Å². The molecule has 0 saturated carbocycles.